The van der Waals surface area contributed by atoms with E-state index in [-0.39, 0.29) is 17.7 Å². The maximum absolute atomic E-state index is 13.5. The van der Waals surface area contributed by atoms with E-state index in [4.69, 9.17) is 4.42 Å². The van der Waals surface area contributed by atoms with Crippen LogP contribution in [0.15, 0.2) is 77.5 Å². The number of fused-ring (bicyclic) bond motifs is 1. The van der Waals surface area contributed by atoms with Crippen molar-refractivity contribution < 1.29 is 14.0 Å². The van der Waals surface area contributed by atoms with Gasteiger partial charge >= 0.3 is 0 Å². The van der Waals surface area contributed by atoms with Crippen molar-refractivity contribution >= 4 is 28.5 Å². The first-order valence-corrected chi connectivity index (χ1v) is 10.6. The van der Waals surface area contributed by atoms with Crippen LogP contribution in [-0.4, -0.2) is 39.8 Å². The van der Waals surface area contributed by atoms with Gasteiger partial charge in [-0.15, -0.1) is 0 Å². The molecule has 0 unspecified atom stereocenters. The number of para-hydroxylation sites is 1. The largest absolute Gasteiger partial charge is 0.463 e. The van der Waals surface area contributed by atoms with E-state index in [2.05, 4.69) is 15.3 Å². The molecule has 0 radical (unpaired) electrons. The molecule has 4 heterocycles. The molecule has 7 nitrogen and oxygen atoms in total. The number of amides is 2. The summed E-state index contributed by atoms with van der Waals surface area (Å²) in [5.41, 5.74) is 1.97. The van der Waals surface area contributed by atoms with Crippen molar-refractivity contribution in [2.75, 3.05) is 18.4 Å². The molecule has 0 spiro atoms. The molecule has 1 aliphatic rings. The van der Waals surface area contributed by atoms with Gasteiger partial charge in [-0.2, -0.15) is 0 Å². The predicted octanol–water partition coefficient (Wildman–Crippen LogP) is 4.38. The van der Waals surface area contributed by atoms with Crippen molar-refractivity contribution in [3.05, 3.63) is 78.7 Å². The van der Waals surface area contributed by atoms with E-state index in [1.807, 2.05) is 41.3 Å². The van der Waals surface area contributed by atoms with E-state index in [0.717, 1.165) is 10.9 Å². The number of anilines is 1. The fourth-order valence-electron chi connectivity index (χ4n) is 4.08. The number of carbonyl (C=O) groups is 2. The third kappa shape index (κ3) is 3.97. The van der Waals surface area contributed by atoms with E-state index in [0.29, 0.717) is 48.8 Å². The SMILES string of the molecule is O=C(Nc1ccccn1)C1CCN(C(=O)c2cc(-c3ccco3)nc3ccccc23)CC1. The molecule has 7 heteroatoms. The summed E-state index contributed by atoms with van der Waals surface area (Å²) in [6.07, 6.45) is 4.46. The molecule has 0 aliphatic carbocycles. The monoisotopic (exact) mass is 426 g/mol. The second-order valence-corrected chi connectivity index (χ2v) is 7.82. The Bertz CT molecular complexity index is 1250. The number of carbonyl (C=O) groups excluding carboxylic acids is 2. The Morgan fingerprint density at radius 1 is 1.00 bits per heavy atom. The lowest BCUT2D eigenvalue weighted by molar-refractivity contribution is -0.121. The molecule has 3 aromatic heterocycles. The summed E-state index contributed by atoms with van der Waals surface area (Å²) >= 11 is 0. The van der Waals surface area contributed by atoms with Crippen LogP contribution in [0, 0.1) is 5.92 Å². The molecule has 0 atom stereocenters. The first-order valence-electron chi connectivity index (χ1n) is 10.6. The number of nitrogens with zero attached hydrogens (tertiary/aromatic N) is 3. The van der Waals surface area contributed by atoms with E-state index in [9.17, 15) is 9.59 Å². The van der Waals surface area contributed by atoms with Gasteiger partial charge in [-0.3, -0.25) is 9.59 Å². The summed E-state index contributed by atoms with van der Waals surface area (Å²) in [6.45, 7) is 1.04. The molecule has 160 valence electrons. The minimum Gasteiger partial charge on any atom is -0.463 e. The van der Waals surface area contributed by atoms with Gasteiger partial charge in [0.25, 0.3) is 5.91 Å². The second-order valence-electron chi connectivity index (χ2n) is 7.82. The van der Waals surface area contributed by atoms with Gasteiger partial charge in [0.1, 0.15) is 11.5 Å². The van der Waals surface area contributed by atoms with Gasteiger partial charge in [0.05, 0.1) is 17.3 Å². The summed E-state index contributed by atoms with van der Waals surface area (Å²) in [5.74, 6) is 0.915. The molecule has 1 N–H and O–H groups in total. The highest BCUT2D eigenvalue weighted by Gasteiger charge is 2.29. The first kappa shape index (κ1) is 19.9. The van der Waals surface area contributed by atoms with Gasteiger partial charge in [-0.05, 0) is 49.2 Å². The minimum atomic E-state index is -0.145. The fraction of sp³-hybridized carbons (Fsp3) is 0.200. The third-order valence-corrected chi connectivity index (χ3v) is 5.79. The number of likely N-dealkylation sites (tertiary alicyclic amines) is 1. The molecule has 1 saturated heterocycles. The highest BCUT2D eigenvalue weighted by atomic mass is 16.3. The van der Waals surface area contributed by atoms with E-state index in [1.54, 1.807) is 36.7 Å². The van der Waals surface area contributed by atoms with Gasteiger partial charge in [-0.1, -0.05) is 24.3 Å². The van der Waals surface area contributed by atoms with Crippen LogP contribution in [0.3, 0.4) is 0 Å². The zero-order valence-corrected chi connectivity index (χ0v) is 17.4. The molecule has 1 aromatic carbocycles. The number of hydrogen-bond acceptors (Lipinski definition) is 5. The lowest BCUT2D eigenvalue weighted by Gasteiger charge is -2.31. The number of benzene rings is 1. The van der Waals surface area contributed by atoms with Crippen LogP contribution in [0.25, 0.3) is 22.4 Å². The molecule has 5 rings (SSSR count). The van der Waals surface area contributed by atoms with Crippen LogP contribution in [0.1, 0.15) is 23.2 Å². The second kappa shape index (κ2) is 8.63. The Kier molecular flexibility index (Phi) is 5.37. The zero-order valence-electron chi connectivity index (χ0n) is 17.4. The summed E-state index contributed by atoms with van der Waals surface area (Å²) in [6, 6.07) is 18.4. The summed E-state index contributed by atoms with van der Waals surface area (Å²) < 4.78 is 5.50. The molecule has 32 heavy (non-hydrogen) atoms. The number of pyridine rings is 2. The Labute approximate surface area is 185 Å². The van der Waals surface area contributed by atoms with Crippen LogP contribution in [-0.2, 0) is 4.79 Å². The predicted molar refractivity (Wildman–Crippen MR) is 121 cm³/mol. The highest BCUT2D eigenvalue weighted by molar-refractivity contribution is 6.07. The number of rotatable bonds is 4. The van der Waals surface area contributed by atoms with Gasteiger partial charge < -0.3 is 14.6 Å². The van der Waals surface area contributed by atoms with E-state index < -0.39 is 0 Å². The summed E-state index contributed by atoms with van der Waals surface area (Å²) in [4.78, 5) is 36.7. The molecule has 1 aliphatic heterocycles. The van der Waals surface area contributed by atoms with Gasteiger partial charge in [0.2, 0.25) is 5.91 Å². The molecule has 2 amide bonds. The van der Waals surface area contributed by atoms with Crippen LogP contribution >= 0.6 is 0 Å². The Balaban J connectivity index is 1.34. The maximum Gasteiger partial charge on any atom is 0.254 e. The van der Waals surface area contributed by atoms with Gasteiger partial charge in [0.15, 0.2) is 5.76 Å². The average Bonchev–Trinajstić information content (AvgIpc) is 3.39. The van der Waals surface area contributed by atoms with Crippen molar-refractivity contribution in [3.63, 3.8) is 0 Å². The molecule has 4 aromatic rings. The minimum absolute atomic E-state index is 0.0507. The number of furan rings is 1. The topological polar surface area (TPSA) is 88.3 Å². The Hall–Kier alpha value is -4.00. The number of nitrogens with one attached hydrogen (secondary N) is 1. The Morgan fingerprint density at radius 2 is 1.81 bits per heavy atom. The van der Waals surface area contributed by atoms with Gasteiger partial charge in [0, 0.05) is 30.6 Å². The van der Waals surface area contributed by atoms with Crippen LogP contribution in [0.2, 0.25) is 0 Å². The van der Waals surface area contributed by atoms with Crippen molar-refractivity contribution in [1.82, 2.24) is 14.9 Å². The number of piperidine rings is 1. The number of hydrogen-bond donors (Lipinski definition) is 1. The molecule has 0 bridgehead atoms. The van der Waals surface area contributed by atoms with Crippen molar-refractivity contribution in [2.45, 2.75) is 12.8 Å². The lowest BCUT2D eigenvalue weighted by Crippen LogP contribution is -2.41. The lowest BCUT2D eigenvalue weighted by atomic mass is 9.95. The van der Waals surface area contributed by atoms with Crippen molar-refractivity contribution in [1.29, 1.82) is 0 Å². The van der Waals surface area contributed by atoms with Crippen LogP contribution in [0.4, 0.5) is 5.82 Å². The highest BCUT2D eigenvalue weighted by Crippen LogP contribution is 2.28. The Morgan fingerprint density at radius 3 is 2.56 bits per heavy atom. The number of aromatic nitrogens is 2. The van der Waals surface area contributed by atoms with Crippen LogP contribution < -0.4 is 5.32 Å². The normalized spacial score (nSPS) is 14.4. The average molecular weight is 426 g/mol. The van der Waals surface area contributed by atoms with E-state index in [1.165, 1.54) is 0 Å². The zero-order chi connectivity index (χ0) is 21.9. The maximum atomic E-state index is 13.5. The van der Waals surface area contributed by atoms with Crippen molar-refractivity contribution in [3.8, 4) is 11.5 Å². The van der Waals surface area contributed by atoms with Gasteiger partial charge in [-0.25, -0.2) is 9.97 Å². The molecule has 0 saturated carbocycles. The molecular weight excluding hydrogens is 404 g/mol. The van der Waals surface area contributed by atoms with Crippen LogP contribution in [0.5, 0.6) is 0 Å². The summed E-state index contributed by atoms with van der Waals surface area (Å²) in [7, 11) is 0. The third-order valence-electron chi connectivity index (χ3n) is 5.79. The van der Waals surface area contributed by atoms with E-state index >= 15 is 0 Å². The molecular formula is C25H22N4O3. The smallest absolute Gasteiger partial charge is 0.254 e. The molecule has 1 fully saturated rings. The quantitative estimate of drug-likeness (QED) is 0.523. The summed E-state index contributed by atoms with van der Waals surface area (Å²) in [5, 5.41) is 3.67. The standard InChI is InChI=1S/C25H22N4O3/c30-24(28-23-9-3-4-12-26-23)17-10-13-29(14-11-17)25(31)19-16-21(22-8-5-15-32-22)27-20-7-2-1-6-18(19)20/h1-9,12,15-17H,10-11,13-14H2,(H,26,28,30). The fourth-order valence-corrected chi connectivity index (χ4v) is 4.08. The first-order chi connectivity index (χ1) is 15.7. The van der Waals surface area contributed by atoms with Crippen molar-refractivity contribution in [2.24, 2.45) is 5.92 Å².